The number of hydrogen-bond donors (Lipinski definition) is 0. The first-order chi connectivity index (χ1) is 12.7. The highest BCUT2D eigenvalue weighted by molar-refractivity contribution is 5.94. The first-order valence-corrected chi connectivity index (χ1v) is 9.47. The molecule has 0 N–H and O–H groups in total. The van der Waals surface area contributed by atoms with Crippen LogP contribution in [0.25, 0.3) is 0 Å². The van der Waals surface area contributed by atoms with Crippen molar-refractivity contribution in [1.29, 1.82) is 0 Å². The van der Waals surface area contributed by atoms with Gasteiger partial charge in [0.2, 0.25) is 0 Å². The van der Waals surface area contributed by atoms with Crippen LogP contribution >= 0.6 is 0 Å². The van der Waals surface area contributed by atoms with Gasteiger partial charge in [-0.3, -0.25) is 0 Å². The van der Waals surface area contributed by atoms with Gasteiger partial charge in [0.25, 0.3) is 0 Å². The van der Waals surface area contributed by atoms with Crippen LogP contribution in [0.1, 0.15) is 65.3 Å². The van der Waals surface area contributed by atoms with Crippen molar-refractivity contribution in [2.45, 2.75) is 57.3 Å². The quantitative estimate of drug-likeness (QED) is 0.774. The number of amides is 1. The molecule has 4 rings (SSSR count). The molecule has 1 aliphatic carbocycles. The van der Waals surface area contributed by atoms with Gasteiger partial charge in [-0.25, -0.2) is 9.59 Å². The Morgan fingerprint density at radius 1 is 1.23 bits per heavy atom. The largest absolute Gasteiger partial charge is 0.451 e. The third-order valence-corrected chi connectivity index (χ3v) is 5.60. The second kappa shape index (κ2) is 7.27. The van der Waals surface area contributed by atoms with Gasteiger partial charge in [-0.1, -0.05) is 12.5 Å². The van der Waals surface area contributed by atoms with Gasteiger partial charge in [0, 0.05) is 25.8 Å². The monoisotopic (exact) mass is 359 g/mol. The molecule has 6 heteroatoms. The lowest BCUT2D eigenvalue weighted by Crippen LogP contribution is -2.38. The molecule has 1 aromatic rings. The molecule has 0 spiro atoms. The topological polar surface area (TPSA) is 65.1 Å². The Morgan fingerprint density at radius 2 is 2.04 bits per heavy atom. The maximum absolute atomic E-state index is 12.5. The zero-order chi connectivity index (χ0) is 18.1. The van der Waals surface area contributed by atoms with Crippen molar-refractivity contribution in [3.05, 3.63) is 34.4 Å². The van der Waals surface area contributed by atoms with E-state index in [2.05, 4.69) is 0 Å². The normalized spacial score (nSPS) is 22.6. The molecule has 0 radical (unpaired) electrons. The molecule has 26 heavy (non-hydrogen) atoms. The van der Waals surface area contributed by atoms with E-state index in [1.165, 1.54) is 12.0 Å². The fourth-order valence-corrected chi connectivity index (χ4v) is 4.16. The van der Waals surface area contributed by atoms with E-state index in [1.54, 1.807) is 12.0 Å². The fraction of sp³-hybridized carbons (Fsp3) is 0.600. The number of esters is 1. The molecule has 2 aliphatic heterocycles. The van der Waals surface area contributed by atoms with Gasteiger partial charge in [-0.2, -0.15) is 0 Å². The highest BCUT2D eigenvalue weighted by Crippen LogP contribution is 2.35. The SMILES string of the molecule is COCC1OC(=O)c2cc3c(cc21)CCN(C(=O)OC1CCCCC1)C3. The van der Waals surface area contributed by atoms with Crippen LogP contribution in [0.2, 0.25) is 0 Å². The van der Waals surface area contributed by atoms with E-state index < -0.39 is 0 Å². The Balaban J connectivity index is 1.48. The molecule has 140 valence electrons. The van der Waals surface area contributed by atoms with Gasteiger partial charge < -0.3 is 19.1 Å². The summed E-state index contributed by atoms with van der Waals surface area (Å²) in [6.45, 7) is 1.48. The number of ether oxygens (including phenoxy) is 3. The van der Waals surface area contributed by atoms with Crippen LogP contribution in [0.4, 0.5) is 4.79 Å². The summed E-state index contributed by atoms with van der Waals surface area (Å²) in [5.41, 5.74) is 3.66. The molecular formula is C20H25NO5. The van der Waals surface area contributed by atoms with Crippen LogP contribution < -0.4 is 0 Å². The zero-order valence-corrected chi connectivity index (χ0v) is 15.2. The number of rotatable bonds is 3. The summed E-state index contributed by atoms with van der Waals surface area (Å²) in [6, 6.07) is 3.92. The van der Waals surface area contributed by atoms with Gasteiger partial charge in [0.1, 0.15) is 6.10 Å². The fourth-order valence-electron chi connectivity index (χ4n) is 4.16. The van der Waals surface area contributed by atoms with E-state index in [0.717, 1.165) is 43.2 Å². The molecule has 0 aromatic heterocycles. The molecule has 6 nitrogen and oxygen atoms in total. The maximum atomic E-state index is 12.5. The second-order valence-electron chi connectivity index (χ2n) is 7.37. The Bertz CT molecular complexity index is 710. The van der Waals surface area contributed by atoms with Gasteiger partial charge >= 0.3 is 12.1 Å². The lowest BCUT2D eigenvalue weighted by molar-refractivity contribution is 0.0151. The van der Waals surface area contributed by atoms with E-state index >= 15 is 0 Å². The Kier molecular flexibility index (Phi) is 4.85. The van der Waals surface area contributed by atoms with Crippen LogP contribution in [-0.4, -0.2) is 43.3 Å². The van der Waals surface area contributed by atoms with Gasteiger partial charge in [0.15, 0.2) is 6.10 Å². The van der Waals surface area contributed by atoms with E-state index in [-0.39, 0.29) is 24.3 Å². The van der Waals surface area contributed by atoms with E-state index in [1.807, 2.05) is 12.1 Å². The molecule has 1 fully saturated rings. The van der Waals surface area contributed by atoms with Crippen molar-refractivity contribution in [1.82, 2.24) is 4.90 Å². The van der Waals surface area contributed by atoms with Crippen molar-refractivity contribution in [3.8, 4) is 0 Å². The number of nitrogens with zero attached hydrogens (tertiary/aromatic N) is 1. The number of fused-ring (bicyclic) bond motifs is 2. The van der Waals surface area contributed by atoms with Crippen molar-refractivity contribution < 1.29 is 23.8 Å². The summed E-state index contributed by atoms with van der Waals surface area (Å²) in [5.74, 6) is -0.313. The van der Waals surface area contributed by atoms with Crippen molar-refractivity contribution in [2.24, 2.45) is 0 Å². The zero-order valence-electron chi connectivity index (χ0n) is 15.2. The minimum atomic E-state index is -0.331. The van der Waals surface area contributed by atoms with Crippen molar-refractivity contribution in [2.75, 3.05) is 20.3 Å². The lowest BCUT2D eigenvalue weighted by Gasteiger charge is -2.31. The van der Waals surface area contributed by atoms with Crippen molar-refractivity contribution in [3.63, 3.8) is 0 Å². The van der Waals surface area contributed by atoms with Gasteiger partial charge in [-0.15, -0.1) is 0 Å². The first kappa shape index (κ1) is 17.3. The summed E-state index contributed by atoms with van der Waals surface area (Å²) in [7, 11) is 1.60. The minimum Gasteiger partial charge on any atom is -0.451 e. The summed E-state index contributed by atoms with van der Waals surface area (Å²) < 4.78 is 16.2. The smallest absolute Gasteiger partial charge is 0.410 e. The number of cyclic esters (lactones) is 1. The molecule has 1 aromatic carbocycles. The summed E-state index contributed by atoms with van der Waals surface area (Å²) >= 11 is 0. The van der Waals surface area contributed by atoms with Crippen molar-refractivity contribution >= 4 is 12.1 Å². The maximum Gasteiger partial charge on any atom is 0.410 e. The van der Waals surface area contributed by atoms with E-state index in [0.29, 0.717) is 25.3 Å². The Morgan fingerprint density at radius 3 is 2.81 bits per heavy atom. The molecule has 1 atom stereocenters. The van der Waals surface area contributed by atoms with Crippen LogP contribution in [0.15, 0.2) is 12.1 Å². The Labute approximate surface area is 153 Å². The number of benzene rings is 1. The standard InChI is InChI=1S/C20H25NO5/c1-24-12-18-16-9-13-7-8-21(11-14(13)10-17(16)19(22)26-18)20(23)25-15-5-3-2-4-6-15/h9-10,15,18H,2-8,11-12H2,1H3. The predicted octanol–water partition coefficient (Wildman–Crippen LogP) is 3.37. The molecule has 1 saturated carbocycles. The number of hydrogen-bond acceptors (Lipinski definition) is 5. The molecular weight excluding hydrogens is 334 g/mol. The number of carbonyl (C=O) groups is 2. The highest BCUT2D eigenvalue weighted by Gasteiger charge is 2.34. The van der Waals surface area contributed by atoms with E-state index in [4.69, 9.17) is 14.2 Å². The molecule has 2 heterocycles. The molecule has 3 aliphatic rings. The molecule has 1 unspecified atom stereocenters. The summed E-state index contributed by atoms with van der Waals surface area (Å²) in [5, 5.41) is 0. The minimum absolute atomic E-state index is 0.0578. The third-order valence-electron chi connectivity index (χ3n) is 5.60. The average molecular weight is 359 g/mol. The molecule has 1 amide bonds. The average Bonchev–Trinajstić information content (AvgIpc) is 2.95. The molecule has 0 bridgehead atoms. The summed E-state index contributed by atoms with van der Waals surface area (Å²) in [4.78, 5) is 26.4. The lowest BCUT2D eigenvalue weighted by atomic mass is 9.93. The van der Waals surface area contributed by atoms with Gasteiger partial charge in [0.05, 0.1) is 12.2 Å². The number of carbonyl (C=O) groups excluding carboxylic acids is 2. The Hall–Kier alpha value is -2.08. The highest BCUT2D eigenvalue weighted by atomic mass is 16.6. The van der Waals surface area contributed by atoms with Crippen LogP contribution in [0, 0.1) is 0 Å². The molecule has 0 saturated heterocycles. The van der Waals surface area contributed by atoms with E-state index in [9.17, 15) is 9.59 Å². The first-order valence-electron chi connectivity index (χ1n) is 9.47. The van der Waals surface area contributed by atoms with Crippen LogP contribution in [0.3, 0.4) is 0 Å². The number of methoxy groups -OCH3 is 1. The van der Waals surface area contributed by atoms with Crippen LogP contribution in [-0.2, 0) is 27.2 Å². The third kappa shape index (κ3) is 3.30. The van der Waals surface area contributed by atoms with Crippen LogP contribution in [0.5, 0.6) is 0 Å². The van der Waals surface area contributed by atoms with Gasteiger partial charge in [-0.05, 0) is 49.3 Å². The predicted molar refractivity (Wildman–Crippen MR) is 93.9 cm³/mol. The second-order valence-corrected chi connectivity index (χ2v) is 7.37. The summed E-state index contributed by atoms with van der Waals surface area (Å²) in [6.07, 6.45) is 5.70.